The number of amides is 1. The summed E-state index contributed by atoms with van der Waals surface area (Å²) in [5.41, 5.74) is -0.0447. The lowest BCUT2D eigenvalue weighted by molar-refractivity contribution is -0.133. The van der Waals surface area contributed by atoms with E-state index in [2.05, 4.69) is 0 Å². The van der Waals surface area contributed by atoms with Gasteiger partial charge in [-0.2, -0.15) is 9.57 Å². The van der Waals surface area contributed by atoms with Crippen LogP contribution < -0.4 is 11.2 Å². The summed E-state index contributed by atoms with van der Waals surface area (Å²) in [6.45, 7) is 2.34. The van der Waals surface area contributed by atoms with Gasteiger partial charge in [-0.05, 0) is 31.9 Å². The molecule has 168 valence electrons. The predicted octanol–water partition coefficient (Wildman–Crippen LogP) is -0.331. The molecule has 2 aliphatic heterocycles. The van der Waals surface area contributed by atoms with Crippen molar-refractivity contribution in [2.45, 2.75) is 37.8 Å². The zero-order chi connectivity index (χ0) is 23.0. The Labute approximate surface area is 185 Å². The molecule has 1 saturated heterocycles. The standard InChI is InChI=1S/C21H23N5O5S/c1-15-4-6-16(7-5-15)32(30,31)24-11-9-23(10-12-24)19(27)14-26-20(28)17(13-22)18-3-2-8-25(18)21(26)29/h4-7H,2-3,8-12,14H2,1H3. The van der Waals surface area contributed by atoms with E-state index in [1.54, 1.807) is 24.3 Å². The summed E-state index contributed by atoms with van der Waals surface area (Å²) in [6, 6.07) is 8.44. The molecule has 0 radical (unpaired) electrons. The largest absolute Gasteiger partial charge is 0.338 e. The van der Waals surface area contributed by atoms with Crippen molar-refractivity contribution in [1.82, 2.24) is 18.3 Å². The Bertz CT molecular complexity index is 1330. The molecule has 1 fully saturated rings. The predicted molar refractivity (Wildman–Crippen MR) is 115 cm³/mol. The van der Waals surface area contributed by atoms with E-state index in [1.165, 1.54) is 13.8 Å². The second-order valence-electron chi connectivity index (χ2n) is 7.96. The van der Waals surface area contributed by atoms with E-state index in [9.17, 15) is 28.1 Å². The minimum Gasteiger partial charge on any atom is -0.338 e. The molecule has 3 heterocycles. The number of nitriles is 1. The van der Waals surface area contributed by atoms with Crippen molar-refractivity contribution in [2.24, 2.45) is 0 Å². The summed E-state index contributed by atoms with van der Waals surface area (Å²) < 4.78 is 29.2. The fourth-order valence-electron chi connectivity index (χ4n) is 4.16. The molecule has 0 atom stereocenters. The van der Waals surface area contributed by atoms with Crippen molar-refractivity contribution in [3.8, 4) is 6.07 Å². The van der Waals surface area contributed by atoms with Crippen LogP contribution in [0.2, 0.25) is 0 Å². The molecule has 0 bridgehead atoms. The van der Waals surface area contributed by atoms with Gasteiger partial charge in [0.2, 0.25) is 15.9 Å². The van der Waals surface area contributed by atoms with E-state index in [-0.39, 0.29) is 36.6 Å². The van der Waals surface area contributed by atoms with Crippen molar-refractivity contribution >= 4 is 15.9 Å². The van der Waals surface area contributed by atoms with Gasteiger partial charge in [0, 0.05) is 38.4 Å². The zero-order valence-electron chi connectivity index (χ0n) is 17.7. The number of aromatic nitrogens is 2. The molecule has 32 heavy (non-hydrogen) atoms. The molecule has 0 aliphatic carbocycles. The number of hydrogen-bond acceptors (Lipinski definition) is 6. The van der Waals surface area contributed by atoms with Crippen molar-refractivity contribution in [2.75, 3.05) is 26.2 Å². The second kappa shape index (κ2) is 8.37. The lowest BCUT2D eigenvalue weighted by Gasteiger charge is -2.34. The van der Waals surface area contributed by atoms with Crippen molar-refractivity contribution in [3.63, 3.8) is 0 Å². The molecule has 0 unspecified atom stereocenters. The Kier molecular flexibility index (Phi) is 5.75. The third-order valence-corrected chi connectivity index (χ3v) is 7.90. The average molecular weight is 458 g/mol. The van der Waals surface area contributed by atoms with Crippen LogP contribution in [0, 0.1) is 18.3 Å². The SMILES string of the molecule is Cc1ccc(S(=O)(=O)N2CCN(C(=O)Cn3c(=O)c(C#N)c4n(c3=O)CCC4)CC2)cc1. The van der Waals surface area contributed by atoms with Gasteiger partial charge in [0.05, 0.1) is 4.90 Å². The molecule has 1 aromatic carbocycles. The lowest BCUT2D eigenvalue weighted by atomic mass is 10.2. The van der Waals surface area contributed by atoms with Crippen molar-refractivity contribution in [1.29, 1.82) is 5.26 Å². The highest BCUT2D eigenvalue weighted by atomic mass is 32.2. The first-order valence-corrected chi connectivity index (χ1v) is 11.8. The van der Waals surface area contributed by atoms with E-state index in [1.807, 2.05) is 13.0 Å². The van der Waals surface area contributed by atoms with Gasteiger partial charge in [-0.1, -0.05) is 17.7 Å². The van der Waals surface area contributed by atoms with Gasteiger partial charge in [-0.25, -0.2) is 17.8 Å². The monoisotopic (exact) mass is 457 g/mol. The minimum absolute atomic E-state index is 0.0936. The third-order valence-electron chi connectivity index (χ3n) is 5.99. The fourth-order valence-corrected chi connectivity index (χ4v) is 5.58. The maximum Gasteiger partial charge on any atom is 0.331 e. The zero-order valence-corrected chi connectivity index (χ0v) is 18.5. The number of piperazine rings is 1. The van der Waals surface area contributed by atoms with Crippen LogP contribution in [-0.4, -0.2) is 58.8 Å². The topological polar surface area (TPSA) is 125 Å². The van der Waals surface area contributed by atoms with Gasteiger partial charge in [0.15, 0.2) is 0 Å². The lowest BCUT2D eigenvalue weighted by Crippen LogP contribution is -2.52. The summed E-state index contributed by atoms with van der Waals surface area (Å²) in [5.74, 6) is -0.459. The van der Waals surface area contributed by atoms with Crippen LogP contribution in [-0.2, 0) is 34.3 Å². The third kappa shape index (κ3) is 3.76. The van der Waals surface area contributed by atoms with Gasteiger partial charge in [-0.15, -0.1) is 0 Å². The molecule has 1 amide bonds. The van der Waals surface area contributed by atoms with Crippen LogP contribution in [0.25, 0.3) is 0 Å². The summed E-state index contributed by atoms with van der Waals surface area (Å²) >= 11 is 0. The molecule has 1 aromatic heterocycles. The summed E-state index contributed by atoms with van der Waals surface area (Å²) in [7, 11) is -3.67. The number of aryl methyl sites for hydroxylation is 1. The van der Waals surface area contributed by atoms with Gasteiger partial charge < -0.3 is 4.90 Å². The maximum atomic E-state index is 12.8. The highest BCUT2D eigenvalue weighted by Crippen LogP contribution is 2.18. The smallest absolute Gasteiger partial charge is 0.331 e. The number of carbonyl (C=O) groups is 1. The Balaban J connectivity index is 1.48. The number of rotatable bonds is 4. The van der Waals surface area contributed by atoms with Crippen LogP contribution in [0.4, 0.5) is 0 Å². The number of carbonyl (C=O) groups excluding carboxylic acids is 1. The maximum absolute atomic E-state index is 12.8. The molecule has 2 aliphatic rings. The van der Waals surface area contributed by atoms with E-state index in [4.69, 9.17) is 0 Å². The van der Waals surface area contributed by atoms with E-state index in [0.29, 0.717) is 25.1 Å². The minimum atomic E-state index is -3.67. The summed E-state index contributed by atoms with van der Waals surface area (Å²) in [6.07, 6.45) is 1.15. The van der Waals surface area contributed by atoms with Crippen LogP contribution >= 0.6 is 0 Å². The van der Waals surface area contributed by atoms with E-state index < -0.39 is 33.7 Å². The van der Waals surface area contributed by atoms with Gasteiger partial charge in [0.1, 0.15) is 18.2 Å². The normalized spacial score (nSPS) is 16.6. The van der Waals surface area contributed by atoms with Gasteiger partial charge >= 0.3 is 5.69 Å². The Morgan fingerprint density at radius 2 is 1.72 bits per heavy atom. The number of sulfonamides is 1. The van der Waals surface area contributed by atoms with Gasteiger partial charge in [-0.3, -0.25) is 14.2 Å². The molecule has 2 aromatic rings. The van der Waals surface area contributed by atoms with E-state index in [0.717, 1.165) is 10.1 Å². The molecular weight excluding hydrogens is 434 g/mol. The molecule has 0 saturated carbocycles. The van der Waals surface area contributed by atoms with Crippen molar-refractivity contribution in [3.05, 3.63) is 61.9 Å². The van der Waals surface area contributed by atoms with Crippen LogP contribution in [0.5, 0.6) is 0 Å². The van der Waals surface area contributed by atoms with E-state index >= 15 is 0 Å². The number of benzene rings is 1. The quantitative estimate of drug-likeness (QED) is 0.619. The van der Waals surface area contributed by atoms with Crippen LogP contribution in [0.15, 0.2) is 38.8 Å². The van der Waals surface area contributed by atoms with Crippen LogP contribution in [0.3, 0.4) is 0 Å². The molecule has 4 rings (SSSR count). The van der Waals surface area contributed by atoms with Gasteiger partial charge in [0.25, 0.3) is 5.56 Å². The first-order valence-electron chi connectivity index (χ1n) is 10.3. The highest BCUT2D eigenvalue weighted by Gasteiger charge is 2.31. The average Bonchev–Trinajstić information content (AvgIpc) is 3.27. The molecule has 0 spiro atoms. The molecule has 0 N–H and O–H groups in total. The number of fused-ring (bicyclic) bond motifs is 1. The second-order valence-corrected chi connectivity index (χ2v) is 9.90. The number of hydrogen-bond donors (Lipinski definition) is 0. The molecular formula is C21H23N5O5S. The highest BCUT2D eigenvalue weighted by molar-refractivity contribution is 7.89. The summed E-state index contributed by atoms with van der Waals surface area (Å²) in [5, 5.41) is 9.36. The van der Waals surface area contributed by atoms with Crippen LogP contribution in [0.1, 0.15) is 23.2 Å². The fraction of sp³-hybridized carbons (Fsp3) is 0.429. The Hall–Kier alpha value is -3.23. The Morgan fingerprint density at radius 1 is 1.06 bits per heavy atom. The molecule has 11 heteroatoms. The molecule has 10 nitrogen and oxygen atoms in total. The first-order chi connectivity index (χ1) is 15.2. The first kappa shape index (κ1) is 22.0. The Morgan fingerprint density at radius 3 is 2.34 bits per heavy atom. The van der Waals surface area contributed by atoms with Crippen molar-refractivity contribution < 1.29 is 13.2 Å². The summed E-state index contributed by atoms with van der Waals surface area (Å²) in [4.78, 5) is 39.8. The number of nitrogens with zero attached hydrogens (tertiary/aromatic N) is 5.